The number of hydrogen-bond acceptors (Lipinski definition) is 5. The summed E-state index contributed by atoms with van der Waals surface area (Å²) in [6.07, 6.45) is 3.94. The third-order valence-corrected chi connectivity index (χ3v) is 5.04. The molecule has 0 saturated carbocycles. The van der Waals surface area contributed by atoms with Crippen molar-refractivity contribution in [2.24, 2.45) is 0 Å². The largest absolute Gasteiger partial charge is 0.495 e. The van der Waals surface area contributed by atoms with E-state index in [0.29, 0.717) is 17.7 Å². The van der Waals surface area contributed by atoms with Gasteiger partial charge in [-0.05, 0) is 25.5 Å². The zero-order valence-corrected chi connectivity index (χ0v) is 16.4. The zero-order valence-electron chi connectivity index (χ0n) is 16.4. The second kappa shape index (κ2) is 7.50. The van der Waals surface area contributed by atoms with Gasteiger partial charge < -0.3 is 14.8 Å². The molecule has 1 N–H and O–H groups in total. The molecule has 0 amide bonds. The van der Waals surface area contributed by atoms with Crippen LogP contribution in [0.3, 0.4) is 0 Å². The van der Waals surface area contributed by atoms with Crippen LogP contribution in [0.15, 0.2) is 42.6 Å². The Hall–Kier alpha value is -3.08. The number of para-hydroxylation sites is 2. The number of carbonyl (C=O) groups excluding carboxylic acids is 1. The minimum Gasteiger partial charge on any atom is -0.495 e. The highest BCUT2D eigenvalue weighted by Gasteiger charge is 2.25. The molecule has 5 nitrogen and oxygen atoms in total. The molecule has 2 heterocycles. The van der Waals surface area contributed by atoms with Crippen LogP contribution in [0, 0.1) is 0 Å². The van der Waals surface area contributed by atoms with Crippen molar-refractivity contribution in [3.05, 3.63) is 53.7 Å². The highest BCUT2D eigenvalue weighted by Crippen LogP contribution is 2.40. The Morgan fingerprint density at radius 1 is 1.29 bits per heavy atom. The minimum absolute atomic E-state index is 0.0732. The van der Waals surface area contributed by atoms with Crippen LogP contribution in [0.5, 0.6) is 11.5 Å². The minimum atomic E-state index is 0.0732. The molecule has 144 valence electrons. The summed E-state index contributed by atoms with van der Waals surface area (Å²) in [6.45, 7) is 4.06. The molecule has 4 rings (SSSR count). The Bertz CT molecular complexity index is 1050. The fourth-order valence-corrected chi connectivity index (χ4v) is 3.72. The summed E-state index contributed by atoms with van der Waals surface area (Å²) >= 11 is 0. The number of ether oxygens (including phenoxy) is 2. The SMILES string of the molecule is CCCC(=O)c1cnc2c3c(ccc2c1Nc1ccccc1OC)CC(C)O3. The Labute approximate surface area is 164 Å². The summed E-state index contributed by atoms with van der Waals surface area (Å²) in [6, 6.07) is 11.8. The van der Waals surface area contributed by atoms with E-state index >= 15 is 0 Å². The molecule has 1 aliphatic heterocycles. The van der Waals surface area contributed by atoms with E-state index in [-0.39, 0.29) is 11.9 Å². The van der Waals surface area contributed by atoms with Gasteiger partial charge in [0.15, 0.2) is 5.78 Å². The summed E-state index contributed by atoms with van der Waals surface area (Å²) in [5.41, 5.74) is 4.08. The predicted molar refractivity (Wildman–Crippen MR) is 111 cm³/mol. The van der Waals surface area contributed by atoms with E-state index in [1.165, 1.54) is 0 Å². The van der Waals surface area contributed by atoms with Gasteiger partial charge in [0, 0.05) is 30.0 Å². The van der Waals surface area contributed by atoms with Gasteiger partial charge in [0.25, 0.3) is 0 Å². The molecule has 0 fully saturated rings. The molecule has 0 radical (unpaired) electrons. The van der Waals surface area contributed by atoms with Crippen molar-refractivity contribution in [3.63, 3.8) is 0 Å². The number of rotatable bonds is 6. The maximum Gasteiger partial charge on any atom is 0.166 e. The number of pyridine rings is 1. The van der Waals surface area contributed by atoms with Gasteiger partial charge in [0.1, 0.15) is 23.1 Å². The third-order valence-electron chi connectivity index (χ3n) is 5.04. The Morgan fingerprint density at radius 3 is 2.89 bits per heavy atom. The van der Waals surface area contributed by atoms with Crippen LogP contribution in [-0.2, 0) is 6.42 Å². The van der Waals surface area contributed by atoms with Gasteiger partial charge in [0.05, 0.1) is 24.0 Å². The molecule has 1 atom stereocenters. The topological polar surface area (TPSA) is 60.5 Å². The molecule has 1 aromatic heterocycles. The number of anilines is 2. The van der Waals surface area contributed by atoms with Gasteiger partial charge in [-0.25, -0.2) is 0 Å². The summed E-state index contributed by atoms with van der Waals surface area (Å²) < 4.78 is 11.5. The van der Waals surface area contributed by atoms with Crippen LogP contribution in [0.1, 0.15) is 42.6 Å². The van der Waals surface area contributed by atoms with Crippen LogP contribution in [0.4, 0.5) is 11.4 Å². The lowest BCUT2D eigenvalue weighted by atomic mass is 10.0. The molecule has 0 saturated heterocycles. The molecule has 1 unspecified atom stereocenters. The van der Waals surface area contributed by atoms with Crippen LogP contribution in [-0.4, -0.2) is 24.0 Å². The van der Waals surface area contributed by atoms with E-state index in [2.05, 4.69) is 23.3 Å². The van der Waals surface area contributed by atoms with Crippen LogP contribution in [0.2, 0.25) is 0 Å². The smallest absolute Gasteiger partial charge is 0.166 e. The quantitative estimate of drug-likeness (QED) is 0.592. The fraction of sp³-hybridized carbons (Fsp3) is 0.304. The lowest BCUT2D eigenvalue weighted by molar-refractivity contribution is 0.0982. The van der Waals surface area contributed by atoms with Gasteiger partial charge in [-0.1, -0.05) is 31.2 Å². The van der Waals surface area contributed by atoms with E-state index in [4.69, 9.17) is 9.47 Å². The summed E-state index contributed by atoms with van der Waals surface area (Å²) in [5, 5.41) is 4.31. The summed E-state index contributed by atoms with van der Waals surface area (Å²) in [4.78, 5) is 17.4. The van der Waals surface area contributed by atoms with Crippen molar-refractivity contribution in [1.29, 1.82) is 0 Å². The van der Waals surface area contributed by atoms with E-state index < -0.39 is 0 Å². The number of nitrogens with zero attached hydrogens (tertiary/aromatic N) is 1. The van der Waals surface area contributed by atoms with Crippen LogP contribution in [0.25, 0.3) is 10.9 Å². The lowest BCUT2D eigenvalue weighted by Gasteiger charge is -2.17. The van der Waals surface area contributed by atoms with E-state index in [1.807, 2.05) is 37.3 Å². The van der Waals surface area contributed by atoms with Crippen molar-refractivity contribution in [1.82, 2.24) is 4.98 Å². The molecular weight excluding hydrogens is 352 g/mol. The average Bonchev–Trinajstić information content (AvgIpc) is 3.09. The van der Waals surface area contributed by atoms with Crippen LogP contribution >= 0.6 is 0 Å². The van der Waals surface area contributed by atoms with Gasteiger partial charge in [-0.3, -0.25) is 9.78 Å². The summed E-state index contributed by atoms with van der Waals surface area (Å²) in [7, 11) is 1.64. The van der Waals surface area contributed by atoms with E-state index in [9.17, 15) is 4.79 Å². The number of ketones is 1. The number of nitrogens with one attached hydrogen (secondary N) is 1. The molecule has 5 heteroatoms. The first-order chi connectivity index (χ1) is 13.6. The standard InChI is InChI=1S/C23H24N2O3/c1-4-7-19(26)17-13-24-22-16(11-10-15-12-14(2)28-23(15)22)21(17)25-18-8-5-6-9-20(18)27-3/h5-6,8-11,13-14H,4,7,12H2,1-3H3,(H,24,25). The van der Waals surface area contributed by atoms with Crippen molar-refractivity contribution < 1.29 is 14.3 Å². The van der Waals surface area contributed by atoms with Gasteiger partial charge >= 0.3 is 0 Å². The second-order valence-corrected chi connectivity index (χ2v) is 7.13. The second-order valence-electron chi connectivity index (χ2n) is 7.13. The first-order valence-corrected chi connectivity index (χ1v) is 9.66. The normalized spacial score (nSPS) is 15.2. The van der Waals surface area contributed by atoms with Crippen molar-refractivity contribution >= 4 is 28.1 Å². The van der Waals surface area contributed by atoms with Gasteiger partial charge in [-0.15, -0.1) is 0 Å². The number of aromatic nitrogens is 1. The number of carbonyl (C=O) groups is 1. The third kappa shape index (κ3) is 3.17. The molecule has 0 spiro atoms. The Morgan fingerprint density at radius 2 is 2.11 bits per heavy atom. The number of fused-ring (bicyclic) bond motifs is 3. The molecule has 0 bridgehead atoms. The monoisotopic (exact) mass is 376 g/mol. The van der Waals surface area contributed by atoms with E-state index in [1.54, 1.807) is 13.3 Å². The predicted octanol–water partition coefficient (Wildman–Crippen LogP) is 5.29. The lowest BCUT2D eigenvalue weighted by Crippen LogP contribution is -2.07. The van der Waals surface area contributed by atoms with Crippen molar-refractivity contribution in [2.75, 3.05) is 12.4 Å². The zero-order chi connectivity index (χ0) is 19.7. The molecule has 2 aromatic carbocycles. The van der Waals surface area contributed by atoms with Crippen LogP contribution < -0.4 is 14.8 Å². The Kier molecular flexibility index (Phi) is 4.90. The first kappa shape index (κ1) is 18.3. The van der Waals surface area contributed by atoms with Gasteiger partial charge in [-0.2, -0.15) is 0 Å². The molecule has 28 heavy (non-hydrogen) atoms. The fourth-order valence-electron chi connectivity index (χ4n) is 3.72. The molecule has 1 aliphatic rings. The maximum atomic E-state index is 12.8. The molecule has 3 aromatic rings. The highest BCUT2D eigenvalue weighted by atomic mass is 16.5. The molecule has 0 aliphatic carbocycles. The van der Waals surface area contributed by atoms with E-state index in [0.717, 1.165) is 46.4 Å². The first-order valence-electron chi connectivity index (χ1n) is 9.66. The summed E-state index contributed by atoms with van der Waals surface area (Å²) in [5.74, 6) is 1.61. The number of Topliss-reactive ketones (excluding diaryl/α,β-unsaturated/α-hetero) is 1. The number of benzene rings is 2. The Balaban J connectivity index is 1.91. The highest BCUT2D eigenvalue weighted by molar-refractivity contribution is 6.10. The number of hydrogen-bond donors (Lipinski definition) is 1. The van der Waals surface area contributed by atoms with Gasteiger partial charge in [0.2, 0.25) is 0 Å². The van der Waals surface area contributed by atoms with Crippen molar-refractivity contribution in [3.8, 4) is 11.5 Å². The average molecular weight is 376 g/mol. The molecular formula is C23H24N2O3. The van der Waals surface area contributed by atoms with Crippen molar-refractivity contribution in [2.45, 2.75) is 39.2 Å². The maximum absolute atomic E-state index is 12.8. The number of methoxy groups -OCH3 is 1.